The fourth-order valence-corrected chi connectivity index (χ4v) is 1.80. The maximum atomic E-state index is 13.4. The third-order valence-electron chi connectivity index (χ3n) is 2.85. The van der Waals surface area contributed by atoms with Gasteiger partial charge in [-0.2, -0.15) is 0 Å². The Morgan fingerprint density at radius 3 is 2.55 bits per heavy atom. The SMILES string of the molecule is COc1ccc(B(O)O)c(COc2ccccc2F)c1. The van der Waals surface area contributed by atoms with Crippen LogP contribution in [0.1, 0.15) is 5.56 Å². The van der Waals surface area contributed by atoms with Crippen molar-refractivity contribution in [2.75, 3.05) is 7.11 Å². The van der Waals surface area contributed by atoms with Gasteiger partial charge in [0.1, 0.15) is 12.4 Å². The number of halogens is 1. The van der Waals surface area contributed by atoms with E-state index in [0.29, 0.717) is 16.8 Å². The van der Waals surface area contributed by atoms with E-state index >= 15 is 0 Å². The Labute approximate surface area is 116 Å². The van der Waals surface area contributed by atoms with Crippen LogP contribution in [0.4, 0.5) is 4.39 Å². The van der Waals surface area contributed by atoms with Gasteiger partial charge < -0.3 is 19.5 Å². The van der Waals surface area contributed by atoms with Crippen molar-refractivity contribution in [1.29, 1.82) is 0 Å². The normalized spacial score (nSPS) is 10.2. The average Bonchev–Trinajstić information content (AvgIpc) is 2.46. The van der Waals surface area contributed by atoms with Crippen LogP contribution in [0.15, 0.2) is 42.5 Å². The van der Waals surface area contributed by atoms with Crippen LogP contribution in [0.3, 0.4) is 0 Å². The summed E-state index contributed by atoms with van der Waals surface area (Å²) in [6.07, 6.45) is 0. The second-order valence-electron chi connectivity index (χ2n) is 4.16. The van der Waals surface area contributed by atoms with Crippen molar-refractivity contribution in [3.63, 3.8) is 0 Å². The van der Waals surface area contributed by atoms with Gasteiger partial charge in [0.25, 0.3) is 0 Å². The number of rotatable bonds is 5. The first-order valence-corrected chi connectivity index (χ1v) is 6.02. The third kappa shape index (κ3) is 3.29. The first-order chi connectivity index (χ1) is 9.61. The lowest BCUT2D eigenvalue weighted by atomic mass is 9.77. The van der Waals surface area contributed by atoms with E-state index in [9.17, 15) is 14.4 Å². The molecule has 2 aromatic carbocycles. The Kier molecular flexibility index (Phi) is 4.60. The molecule has 0 atom stereocenters. The molecule has 0 unspecified atom stereocenters. The van der Waals surface area contributed by atoms with Crippen molar-refractivity contribution in [2.24, 2.45) is 0 Å². The van der Waals surface area contributed by atoms with Gasteiger partial charge in [0.2, 0.25) is 0 Å². The molecule has 0 saturated carbocycles. The fourth-order valence-electron chi connectivity index (χ4n) is 1.80. The first-order valence-electron chi connectivity index (χ1n) is 6.02. The molecule has 4 nitrogen and oxygen atoms in total. The summed E-state index contributed by atoms with van der Waals surface area (Å²) < 4.78 is 23.9. The van der Waals surface area contributed by atoms with E-state index in [0.717, 1.165) is 0 Å². The fraction of sp³-hybridized carbons (Fsp3) is 0.143. The molecule has 6 heteroatoms. The van der Waals surface area contributed by atoms with Gasteiger partial charge in [0.15, 0.2) is 11.6 Å². The quantitative estimate of drug-likeness (QED) is 0.803. The van der Waals surface area contributed by atoms with E-state index in [1.165, 1.54) is 25.3 Å². The van der Waals surface area contributed by atoms with Crippen molar-refractivity contribution >= 4 is 12.6 Å². The lowest BCUT2D eigenvalue weighted by Crippen LogP contribution is -2.33. The van der Waals surface area contributed by atoms with Crippen LogP contribution >= 0.6 is 0 Å². The Balaban J connectivity index is 2.21. The third-order valence-corrected chi connectivity index (χ3v) is 2.85. The van der Waals surface area contributed by atoms with Gasteiger partial charge >= 0.3 is 7.12 Å². The van der Waals surface area contributed by atoms with E-state index in [1.54, 1.807) is 24.3 Å². The molecule has 0 saturated heterocycles. The number of ether oxygens (including phenoxy) is 2. The largest absolute Gasteiger partial charge is 0.497 e. The predicted molar refractivity (Wildman–Crippen MR) is 73.6 cm³/mol. The predicted octanol–water partition coefficient (Wildman–Crippen LogP) is 1.09. The van der Waals surface area contributed by atoms with Crippen molar-refractivity contribution in [1.82, 2.24) is 0 Å². The second kappa shape index (κ2) is 6.41. The summed E-state index contributed by atoms with van der Waals surface area (Å²) in [5, 5.41) is 18.6. The smallest absolute Gasteiger partial charge is 0.488 e. The number of para-hydroxylation sites is 1. The Hall–Kier alpha value is -2.05. The lowest BCUT2D eigenvalue weighted by Gasteiger charge is -2.12. The summed E-state index contributed by atoms with van der Waals surface area (Å²) in [6, 6.07) is 10.8. The molecule has 0 aromatic heterocycles. The van der Waals surface area contributed by atoms with Gasteiger partial charge in [-0.3, -0.25) is 0 Å². The van der Waals surface area contributed by atoms with Crippen LogP contribution in [-0.4, -0.2) is 24.3 Å². The van der Waals surface area contributed by atoms with E-state index in [1.807, 2.05) is 0 Å². The highest BCUT2D eigenvalue weighted by Crippen LogP contribution is 2.18. The molecule has 20 heavy (non-hydrogen) atoms. The molecule has 0 amide bonds. The maximum absolute atomic E-state index is 13.4. The van der Waals surface area contributed by atoms with Crippen LogP contribution in [0.2, 0.25) is 0 Å². The Bertz CT molecular complexity index is 589. The minimum atomic E-state index is -1.62. The van der Waals surface area contributed by atoms with Crippen molar-refractivity contribution in [3.05, 3.63) is 53.8 Å². The van der Waals surface area contributed by atoms with E-state index in [2.05, 4.69) is 0 Å². The van der Waals surface area contributed by atoms with Crippen molar-refractivity contribution < 1.29 is 23.9 Å². The number of methoxy groups -OCH3 is 1. The van der Waals surface area contributed by atoms with Crippen molar-refractivity contribution in [2.45, 2.75) is 6.61 Å². The maximum Gasteiger partial charge on any atom is 0.488 e. The van der Waals surface area contributed by atoms with Gasteiger partial charge in [0, 0.05) is 0 Å². The molecule has 2 aromatic rings. The van der Waals surface area contributed by atoms with Gasteiger partial charge in [-0.05, 0) is 35.3 Å². The number of hydrogen-bond donors (Lipinski definition) is 2. The van der Waals surface area contributed by atoms with Gasteiger partial charge in [-0.1, -0.05) is 18.2 Å². The summed E-state index contributed by atoms with van der Waals surface area (Å²) in [5.41, 5.74) is 0.810. The molecular weight excluding hydrogens is 262 g/mol. The van der Waals surface area contributed by atoms with Gasteiger partial charge in [-0.25, -0.2) is 4.39 Å². The summed E-state index contributed by atoms with van der Waals surface area (Å²) >= 11 is 0. The van der Waals surface area contributed by atoms with Crippen LogP contribution in [0, 0.1) is 5.82 Å². The monoisotopic (exact) mass is 276 g/mol. The van der Waals surface area contributed by atoms with E-state index < -0.39 is 12.9 Å². The zero-order valence-corrected chi connectivity index (χ0v) is 10.9. The molecule has 2 N–H and O–H groups in total. The topological polar surface area (TPSA) is 58.9 Å². The molecule has 104 valence electrons. The Morgan fingerprint density at radius 2 is 1.90 bits per heavy atom. The van der Waals surface area contributed by atoms with Gasteiger partial charge in [0.05, 0.1) is 7.11 Å². The molecule has 0 aliphatic rings. The summed E-state index contributed by atoms with van der Waals surface area (Å²) in [4.78, 5) is 0. The lowest BCUT2D eigenvalue weighted by molar-refractivity contribution is 0.290. The molecule has 0 spiro atoms. The summed E-state index contributed by atoms with van der Waals surface area (Å²) in [6.45, 7) is 0.00505. The van der Waals surface area contributed by atoms with Crippen LogP contribution < -0.4 is 14.9 Å². The van der Waals surface area contributed by atoms with Crippen molar-refractivity contribution in [3.8, 4) is 11.5 Å². The minimum Gasteiger partial charge on any atom is -0.497 e. The molecule has 2 rings (SSSR count). The Morgan fingerprint density at radius 1 is 1.15 bits per heavy atom. The molecule has 0 aliphatic carbocycles. The molecular formula is C14H14BFO4. The average molecular weight is 276 g/mol. The minimum absolute atomic E-state index is 0.00505. The van der Waals surface area contributed by atoms with Crippen LogP contribution in [0.25, 0.3) is 0 Å². The zero-order valence-electron chi connectivity index (χ0n) is 10.9. The van der Waals surface area contributed by atoms with Gasteiger partial charge in [-0.15, -0.1) is 0 Å². The van der Waals surface area contributed by atoms with Crippen LogP contribution in [0.5, 0.6) is 11.5 Å². The van der Waals surface area contributed by atoms with E-state index in [-0.39, 0.29) is 12.4 Å². The standard InChI is InChI=1S/C14H14BFO4/c1-19-11-6-7-12(15(17)18)10(8-11)9-20-14-5-3-2-4-13(14)16/h2-8,17-18H,9H2,1H3. The molecule has 0 aliphatic heterocycles. The van der Waals surface area contributed by atoms with E-state index in [4.69, 9.17) is 9.47 Å². The summed E-state index contributed by atoms with van der Waals surface area (Å²) in [7, 11) is -0.119. The summed E-state index contributed by atoms with van der Waals surface area (Å²) in [5.74, 6) is 0.191. The first kappa shape index (κ1) is 14.4. The highest BCUT2D eigenvalue weighted by molar-refractivity contribution is 6.59. The molecule has 0 fully saturated rings. The second-order valence-corrected chi connectivity index (χ2v) is 4.16. The van der Waals surface area contributed by atoms with Crippen LogP contribution in [-0.2, 0) is 6.61 Å². The zero-order chi connectivity index (χ0) is 14.5. The molecule has 0 bridgehead atoms. The number of hydrogen-bond acceptors (Lipinski definition) is 4. The highest BCUT2D eigenvalue weighted by Gasteiger charge is 2.17. The molecule has 0 heterocycles. The molecule has 0 radical (unpaired) electrons. The number of benzene rings is 2. The highest BCUT2D eigenvalue weighted by atomic mass is 19.1.